The number of rotatable bonds is 25. The Labute approximate surface area is 280 Å². The van der Waals surface area contributed by atoms with Gasteiger partial charge in [0.15, 0.2) is 11.5 Å². The highest BCUT2D eigenvalue weighted by Gasteiger charge is 2.13. The van der Waals surface area contributed by atoms with Crippen LogP contribution in [0.15, 0.2) is 72.8 Å². The molecule has 0 N–H and O–H groups in total. The van der Waals surface area contributed by atoms with Crippen LogP contribution in [0.25, 0.3) is 11.1 Å². The second kappa shape index (κ2) is 23.2. The monoisotopic (exact) mass is 628 g/mol. The van der Waals surface area contributed by atoms with Gasteiger partial charge in [-0.2, -0.15) is 0 Å². The Morgan fingerprint density at radius 1 is 0.543 bits per heavy atom. The van der Waals surface area contributed by atoms with Gasteiger partial charge >= 0.3 is 5.97 Å². The second-order valence-electron chi connectivity index (χ2n) is 12.7. The molecule has 0 bridgehead atoms. The number of ether oxygens (including phenoxy) is 3. The Bertz CT molecular complexity index is 1200. The zero-order valence-corrected chi connectivity index (χ0v) is 29.1. The third-order valence-electron chi connectivity index (χ3n) is 8.76. The van der Waals surface area contributed by atoms with E-state index in [9.17, 15) is 4.79 Å². The smallest absolute Gasteiger partial charge is 0.343 e. The first kappa shape index (κ1) is 37.3. The van der Waals surface area contributed by atoms with Crippen LogP contribution in [0, 0.1) is 0 Å². The SMILES string of the molecule is CCCCCCCCCCCCCCCOc1ccccc1OC(=O)c1ccc(-c2ccc(C(C)OCCCCCC)cc2)cc1. The summed E-state index contributed by atoms with van der Waals surface area (Å²) < 4.78 is 17.8. The summed E-state index contributed by atoms with van der Waals surface area (Å²) in [5.74, 6) is 0.693. The van der Waals surface area contributed by atoms with E-state index in [-0.39, 0.29) is 12.1 Å². The van der Waals surface area contributed by atoms with Crippen molar-refractivity contribution in [2.45, 2.75) is 136 Å². The predicted molar refractivity (Wildman–Crippen MR) is 193 cm³/mol. The number of hydrogen-bond donors (Lipinski definition) is 0. The summed E-state index contributed by atoms with van der Waals surface area (Å²) in [4.78, 5) is 13.0. The summed E-state index contributed by atoms with van der Waals surface area (Å²) in [5, 5.41) is 0. The zero-order chi connectivity index (χ0) is 32.7. The molecule has 4 heteroatoms. The Morgan fingerprint density at radius 2 is 1.00 bits per heavy atom. The molecule has 3 rings (SSSR count). The third kappa shape index (κ3) is 14.5. The molecular formula is C42H60O4. The Morgan fingerprint density at radius 3 is 1.57 bits per heavy atom. The highest BCUT2D eigenvalue weighted by molar-refractivity contribution is 5.92. The maximum Gasteiger partial charge on any atom is 0.343 e. The van der Waals surface area contributed by atoms with Gasteiger partial charge in [0.25, 0.3) is 0 Å². The van der Waals surface area contributed by atoms with Crippen LogP contribution in [0.2, 0.25) is 0 Å². The van der Waals surface area contributed by atoms with E-state index in [2.05, 4.69) is 45.0 Å². The summed E-state index contributed by atoms with van der Waals surface area (Å²) in [6.45, 7) is 8.04. The molecule has 0 radical (unpaired) electrons. The molecule has 1 atom stereocenters. The minimum atomic E-state index is -0.385. The van der Waals surface area contributed by atoms with Gasteiger partial charge in [0, 0.05) is 6.61 Å². The molecule has 0 aliphatic rings. The average molecular weight is 629 g/mol. The number of esters is 1. The summed E-state index contributed by atoms with van der Waals surface area (Å²) >= 11 is 0. The van der Waals surface area contributed by atoms with Crippen LogP contribution in [0.3, 0.4) is 0 Å². The third-order valence-corrected chi connectivity index (χ3v) is 8.76. The predicted octanol–water partition coefficient (Wildman–Crippen LogP) is 12.7. The van der Waals surface area contributed by atoms with Crippen LogP contribution >= 0.6 is 0 Å². The number of carbonyl (C=O) groups excluding carboxylic acids is 1. The second-order valence-corrected chi connectivity index (χ2v) is 12.7. The average Bonchev–Trinajstić information content (AvgIpc) is 3.09. The molecule has 0 amide bonds. The lowest BCUT2D eigenvalue weighted by Gasteiger charge is -2.14. The van der Waals surface area contributed by atoms with Crippen molar-refractivity contribution in [1.82, 2.24) is 0 Å². The number of para-hydroxylation sites is 2. The minimum Gasteiger partial charge on any atom is -0.490 e. The summed E-state index contributed by atoms with van der Waals surface area (Å²) in [6, 6.07) is 23.5. The molecule has 0 heterocycles. The maximum atomic E-state index is 13.0. The molecule has 3 aromatic carbocycles. The number of carbonyl (C=O) groups is 1. The van der Waals surface area contributed by atoms with E-state index < -0.39 is 0 Å². The Kier molecular flexibility index (Phi) is 18.9. The fourth-order valence-corrected chi connectivity index (χ4v) is 5.74. The molecule has 46 heavy (non-hydrogen) atoms. The van der Waals surface area contributed by atoms with E-state index in [1.54, 1.807) is 6.07 Å². The molecule has 1 unspecified atom stereocenters. The van der Waals surface area contributed by atoms with E-state index in [0.717, 1.165) is 30.6 Å². The molecule has 0 aliphatic carbocycles. The van der Waals surface area contributed by atoms with Crippen LogP contribution in [-0.4, -0.2) is 19.2 Å². The Hall–Kier alpha value is -3.11. The first-order valence-electron chi connectivity index (χ1n) is 18.4. The van der Waals surface area contributed by atoms with Gasteiger partial charge in [-0.1, -0.05) is 159 Å². The van der Waals surface area contributed by atoms with Crippen LogP contribution in [-0.2, 0) is 4.74 Å². The van der Waals surface area contributed by atoms with Gasteiger partial charge in [-0.3, -0.25) is 0 Å². The van der Waals surface area contributed by atoms with Gasteiger partial charge in [-0.15, -0.1) is 0 Å². The normalized spacial score (nSPS) is 11.8. The first-order valence-corrected chi connectivity index (χ1v) is 18.4. The number of benzene rings is 3. The first-order chi connectivity index (χ1) is 22.6. The molecule has 0 saturated heterocycles. The van der Waals surface area contributed by atoms with Crippen molar-refractivity contribution in [3.8, 4) is 22.6 Å². The van der Waals surface area contributed by atoms with Crippen LogP contribution < -0.4 is 9.47 Å². The number of unbranched alkanes of at least 4 members (excludes halogenated alkanes) is 15. The lowest BCUT2D eigenvalue weighted by atomic mass is 10.0. The molecule has 3 aromatic rings. The zero-order valence-electron chi connectivity index (χ0n) is 29.1. The van der Waals surface area contributed by atoms with Crippen molar-refractivity contribution < 1.29 is 19.0 Å². The molecule has 0 spiro atoms. The van der Waals surface area contributed by atoms with E-state index >= 15 is 0 Å². The summed E-state index contributed by atoms with van der Waals surface area (Å²) in [7, 11) is 0. The molecule has 0 aromatic heterocycles. The van der Waals surface area contributed by atoms with Gasteiger partial charge in [-0.25, -0.2) is 4.79 Å². The lowest BCUT2D eigenvalue weighted by Crippen LogP contribution is -2.10. The summed E-state index contributed by atoms with van der Waals surface area (Å²) in [6.07, 6.45) is 22.1. The Balaban J connectivity index is 1.36. The van der Waals surface area contributed by atoms with Gasteiger partial charge in [0.2, 0.25) is 0 Å². The molecule has 0 fully saturated rings. The van der Waals surface area contributed by atoms with Crippen LogP contribution in [0.4, 0.5) is 0 Å². The molecule has 0 saturated carbocycles. The van der Waals surface area contributed by atoms with Gasteiger partial charge in [0.05, 0.1) is 18.3 Å². The van der Waals surface area contributed by atoms with Gasteiger partial charge in [-0.05, 0) is 60.7 Å². The van der Waals surface area contributed by atoms with Crippen LogP contribution in [0.1, 0.15) is 152 Å². The topological polar surface area (TPSA) is 44.8 Å². The van der Waals surface area contributed by atoms with Crippen molar-refractivity contribution in [1.29, 1.82) is 0 Å². The quantitative estimate of drug-likeness (QED) is 0.0532. The largest absolute Gasteiger partial charge is 0.490 e. The van der Waals surface area contributed by atoms with E-state index in [4.69, 9.17) is 14.2 Å². The van der Waals surface area contributed by atoms with Crippen LogP contribution in [0.5, 0.6) is 11.5 Å². The van der Waals surface area contributed by atoms with E-state index in [1.165, 1.54) is 102 Å². The highest BCUT2D eigenvalue weighted by atomic mass is 16.6. The van der Waals surface area contributed by atoms with E-state index in [1.807, 2.05) is 42.5 Å². The van der Waals surface area contributed by atoms with Crippen molar-refractivity contribution in [2.75, 3.05) is 13.2 Å². The van der Waals surface area contributed by atoms with Crippen molar-refractivity contribution in [2.24, 2.45) is 0 Å². The fourth-order valence-electron chi connectivity index (χ4n) is 5.74. The van der Waals surface area contributed by atoms with Crippen molar-refractivity contribution in [3.63, 3.8) is 0 Å². The summed E-state index contributed by atoms with van der Waals surface area (Å²) in [5.41, 5.74) is 3.84. The van der Waals surface area contributed by atoms with Crippen molar-refractivity contribution in [3.05, 3.63) is 83.9 Å². The fraction of sp³-hybridized carbons (Fsp3) is 0.548. The minimum absolute atomic E-state index is 0.0778. The molecule has 4 nitrogen and oxygen atoms in total. The molecule has 252 valence electrons. The van der Waals surface area contributed by atoms with Gasteiger partial charge in [0.1, 0.15) is 0 Å². The van der Waals surface area contributed by atoms with E-state index in [0.29, 0.717) is 23.7 Å². The lowest BCUT2D eigenvalue weighted by molar-refractivity contribution is 0.0628. The molecular weight excluding hydrogens is 568 g/mol. The highest BCUT2D eigenvalue weighted by Crippen LogP contribution is 2.29. The maximum absolute atomic E-state index is 13.0. The van der Waals surface area contributed by atoms with Crippen molar-refractivity contribution >= 4 is 5.97 Å². The standard InChI is InChI=1S/C42H60O4/c1-4-6-8-10-11-12-13-14-15-16-17-18-22-34-45-40-23-19-20-24-41(40)46-42(43)39-31-29-38(30-32-39)37-27-25-36(26-28-37)35(3)44-33-21-9-7-5-2/h19-20,23-32,35H,4-18,21-22,33-34H2,1-3H3. The molecule has 0 aliphatic heterocycles. The van der Waals surface area contributed by atoms with Gasteiger partial charge < -0.3 is 14.2 Å². The number of hydrogen-bond acceptors (Lipinski definition) is 4.